The van der Waals surface area contributed by atoms with Gasteiger partial charge in [-0.1, -0.05) is 61.4 Å². The predicted octanol–water partition coefficient (Wildman–Crippen LogP) is 3.82. The lowest BCUT2D eigenvalue weighted by molar-refractivity contribution is -0.143. The van der Waals surface area contributed by atoms with Crippen LogP contribution in [-0.2, 0) is 11.3 Å². The molecule has 4 heteroatoms. The third-order valence-corrected chi connectivity index (χ3v) is 5.72. The largest absolute Gasteiger partial charge is 0.481 e. The molecule has 0 unspecified atom stereocenters. The van der Waals surface area contributed by atoms with E-state index in [4.69, 9.17) is 0 Å². The van der Waals surface area contributed by atoms with Crippen LogP contribution in [0.3, 0.4) is 0 Å². The maximum atomic E-state index is 13.3. The summed E-state index contributed by atoms with van der Waals surface area (Å²) in [4.78, 5) is 27.4. The SMILES string of the molecule is O=C(O)[C@H]1c2ccccc2C(=O)N(Cc2ccccc2)C12CCCC2. The van der Waals surface area contributed by atoms with Gasteiger partial charge in [-0.2, -0.15) is 0 Å². The van der Waals surface area contributed by atoms with E-state index < -0.39 is 17.4 Å². The van der Waals surface area contributed by atoms with Gasteiger partial charge in [0.05, 0.1) is 5.54 Å². The molecular formula is C21H21NO3. The summed E-state index contributed by atoms with van der Waals surface area (Å²) in [5, 5.41) is 10.0. The number of amides is 1. The maximum absolute atomic E-state index is 13.3. The number of aliphatic carboxylic acids is 1. The van der Waals surface area contributed by atoms with Crippen LogP contribution in [0.4, 0.5) is 0 Å². The second-order valence-electron chi connectivity index (χ2n) is 7.05. The summed E-state index contributed by atoms with van der Waals surface area (Å²) >= 11 is 0. The number of nitrogens with zero attached hydrogens (tertiary/aromatic N) is 1. The van der Waals surface area contributed by atoms with Crippen LogP contribution in [-0.4, -0.2) is 27.4 Å². The summed E-state index contributed by atoms with van der Waals surface area (Å²) in [5.41, 5.74) is 1.62. The van der Waals surface area contributed by atoms with Gasteiger partial charge >= 0.3 is 5.97 Å². The molecule has 4 rings (SSSR count). The van der Waals surface area contributed by atoms with Gasteiger partial charge in [0.1, 0.15) is 5.92 Å². The van der Waals surface area contributed by atoms with Gasteiger partial charge in [-0.05, 0) is 30.0 Å². The number of carbonyl (C=O) groups excluding carboxylic acids is 1. The van der Waals surface area contributed by atoms with E-state index >= 15 is 0 Å². The summed E-state index contributed by atoms with van der Waals surface area (Å²) in [6.07, 6.45) is 3.42. The van der Waals surface area contributed by atoms with Gasteiger partial charge in [-0.15, -0.1) is 0 Å². The van der Waals surface area contributed by atoms with E-state index in [1.165, 1.54) is 0 Å². The molecule has 1 aliphatic heterocycles. The predicted molar refractivity (Wildman–Crippen MR) is 94.3 cm³/mol. The number of rotatable bonds is 3. The van der Waals surface area contributed by atoms with Crippen LogP contribution in [0.5, 0.6) is 0 Å². The first-order chi connectivity index (χ1) is 12.1. The molecule has 2 aromatic rings. The summed E-state index contributed by atoms with van der Waals surface area (Å²) in [6, 6.07) is 17.0. The average Bonchev–Trinajstić information content (AvgIpc) is 3.09. The minimum Gasteiger partial charge on any atom is -0.481 e. The standard InChI is InChI=1S/C21H21NO3/c23-19-17-11-5-4-10-16(17)18(20(24)25)21(12-6-7-13-21)22(19)14-15-8-2-1-3-9-15/h1-5,8-11,18H,6-7,12-14H2,(H,24,25)/t18-/m1/s1. The van der Waals surface area contributed by atoms with Crippen molar-refractivity contribution in [2.24, 2.45) is 0 Å². The Morgan fingerprint density at radius 2 is 1.68 bits per heavy atom. The zero-order chi connectivity index (χ0) is 17.4. The Kier molecular flexibility index (Phi) is 3.83. The Hall–Kier alpha value is -2.62. The highest BCUT2D eigenvalue weighted by atomic mass is 16.4. The lowest BCUT2D eigenvalue weighted by Crippen LogP contribution is -2.58. The van der Waals surface area contributed by atoms with Crippen molar-refractivity contribution in [2.75, 3.05) is 0 Å². The molecule has 1 atom stereocenters. The molecule has 2 aromatic carbocycles. The van der Waals surface area contributed by atoms with Crippen molar-refractivity contribution in [3.63, 3.8) is 0 Å². The van der Waals surface area contributed by atoms with Crippen LogP contribution in [0, 0.1) is 0 Å². The number of benzene rings is 2. The van der Waals surface area contributed by atoms with Crippen molar-refractivity contribution in [3.8, 4) is 0 Å². The van der Waals surface area contributed by atoms with Gasteiger partial charge in [-0.25, -0.2) is 0 Å². The fraction of sp³-hybridized carbons (Fsp3) is 0.333. The van der Waals surface area contributed by atoms with E-state index in [0.29, 0.717) is 17.7 Å². The van der Waals surface area contributed by atoms with Gasteiger partial charge in [0, 0.05) is 12.1 Å². The topological polar surface area (TPSA) is 57.6 Å². The Balaban J connectivity index is 1.87. The third kappa shape index (κ3) is 2.44. The van der Waals surface area contributed by atoms with E-state index in [0.717, 1.165) is 31.2 Å². The van der Waals surface area contributed by atoms with E-state index in [9.17, 15) is 14.7 Å². The van der Waals surface area contributed by atoms with Gasteiger partial charge in [0.25, 0.3) is 5.91 Å². The molecule has 1 spiro atoms. The van der Waals surface area contributed by atoms with Crippen LogP contribution >= 0.6 is 0 Å². The van der Waals surface area contributed by atoms with Crippen molar-refractivity contribution >= 4 is 11.9 Å². The minimum absolute atomic E-state index is 0.0427. The lowest BCUT2D eigenvalue weighted by atomic mass is 9.71. The Bertz CT molecular complexity index is 809. The molecule has 0 radical (unpaired) electrons. The summed E-state index contributed by atoms with van der Waals surface area (Å²) in [5.74, 6) is -1.54. The molecule has 1 amide bonds. The summed E-state index contributed by atoms with van der Waals surface area (Å²) in [6.45, 7) is 0.456. The average molecular weight is 335 g/mol. The highest BCUT2D eigenvalue weighted by molar-refractivity contribution is 6.01. The van der Waals surface area contributed by atoms with Crippen LogP contribution in [0.25, 0.3) is 0 Å². The maximum Gasteiger partial charge on any atom is 0.313 e. The summed E-state index contributed by atoms with van der Waals surface area (Å²) < 4.78 is 0. The number of hydrogen-bond donors (Lipinski definition) is 1. The Labute approximate surface area is 147 Å². The lowest BCUT2D eigenvalue weighted by Gasteiger charge is -2.49. The molecule has 0 saturated heterocycles. The number of hydrogen-bond acceptors (Lipinski definition) is 2. The Morgan fingerprint density at radius 1 is 1.04 bits per heavy atom. The van der Waals surface area contributed by atoms with Gasteiger partial charge in [0.2, 0.25) is 0 Å². The third-order valence-electron chi connectivity index (χ3n) is 5.72. The van der Waals surface area contributed by atoms with Crippen LogP contribution in [0.15, 0.2) is 54.6 Å². The van der Waals surface area contributed by atoms with E-state index in [1.54, 1.807) is 6.07 Å². The first-order valence-corrected chi connectivity index (χ1v) is 8.81. The molecule has 1 heterocycles. The normalized spacial score (nSPS) is 21.4. The Morgan fingerprint density at radius 3 is 2.36 bits per heavy atom. The molecule has 4 nitrogen and oxygen atoms in total. The molecule has 2 aliphatic rings. The van der Waals surface area contributed by atoms with Gasteiger partial charge in [-0.3, -0.25) is 9.59 Å². The molecule has 1 saturated carbocycles. The van der Waals surface area contributed by atoms with Gasteiger partial charge in [0.15, 0.2) is 0 Å². The van der Waals surface area contributed by atoms with Crippen LogP contribution in [0.1, 0.15) is 53.1 Å². The zero-order valence-corrected chi connectivity index (χ0v) is 14.0. The van der Waals surface area contributed by atoms with Gasteiger partial charge < -0.3 is 10.0 Å². The van der Waals surface area contributed by atoms with Crippen LogP contribution in [0.2, 0.25) is 0 Å². The first-order valence-electron chi connectivity index (χ1n) is 8.81. The molecule has 128 valence electrons. The van der Waals surface area contributed by atoms with Crippen molar-refractivity contribution in [1.29, 1.82) is 0 Å². The van der Waals surface area contributed by atoms with E-state index in [1.807, 2.05) is 53.4 Å². The number of carbonyl (C=O) groups is 2. The fourth-order valence-electron chi connectivity index (χ4n) is 4.64. The van der Waals surface area contributed by atoms with Crippen molar-refractivity contribution in [3.05, 3.63) is 71.3 Å². The van der Waals surface area contributed by atoms with E-state index in [2.05, 4.69) is 0 Å². The number of fused-ring (bicyclic) bond motifs is 1. The molecule has 1 aliphatic carbocycles. The smallest absolute Gasteiger partial charge is 0.313 e. The molecular weight excluding hydrogens is 314 g/mol. The molecule has 1 fully saturated rings. The second-order valence-corrected chi connectivity index (χ2v) is 7.05. The summed E-state index contributed by atoms with van der Waals surface area (Å²) in [7, 11) is 0. The second kappa shape index (κ2) is 6.03. The first kappa shape index (κ1) is 15.9. The zero-order valence-electron chi connectivity index (χ0n) is 14.0. The van der Waals surface area contributed by atoms with Crippen molar-refractivity contribution in [1.82, 2.24) is 4.90 Å². The molecule has 1 N–H and O–H groups in total. The number of carboxylic acid groups (broad SMARTS) is 1. The van der Waals surface area contributed by atoms with E-state index in [-0.39, 0.29) is 5.91 Å². The van der Waals surface area contributed by atoms with Crippen molar-refractivity contribution < 1.29 is 14.7 Å². The van der Waals surface area contributed by atoms with Crippen LogP contribution < -0.4 is 0 Å². The fourth-order valence-corrected chi connectivity index (χ4v) is 4.64. The highest BCUT2D eigenvalue weighted by Crippen LogP contribution is 2.50. The monoisotopic (exact) mass is 335 g/mol. The van der Waals surface area contributed by atoms with Crippen molar-refractivity contribution in [2.45, 2.75) is 43.7 Å². The molecule has 0 aromatic heterocycles. The highest BCUT2D eigenvalue weighted by Gasteiger charge is 2.55. The molecule has 25 heavy (non-hydrogen) atoms. The minimum atomic E-state index is -0.833. The molecule has 0 bridgehead atoms. The number of carboxylic acids is 1. The quantitative estimate of drug-likeness (QED) is 0.927.